The standard InChI is InChI=1S/C14H22N2O3S/c1-16(10-13-6-4-12(9-15)5-7-13)20(17,18)11-14-3-2-8-19-14/h4-7,14H,2-3,8-11,15H2,1H3. The van der Waals surface area contributed by atoms with Gasteiger partial charge in [0.05, 0.1) is 11.9 Å². The van der Waals surface area contributed by atoms with Crippen molar-refractivity contribution in [2.24, 2.45) is 5.73 Å². The van der Waals surface area contributed by atoms with Crippen LogP contribution >= 0.6 is 0 Å². The number of nitrogens with two attached hydrogens (primary N) is 1. The monoisotopic (exact) mass is 298 g/mol. The smallest absolute Gasteiger partial charge is 0.216 e. The summed E-state index contributed by atoms with van der Waals surface area (Å²) < 4.78 is 31.3. The van der Waals surface area contributed by atoms with Crippen LogP contribution in [0.2, 0.25) is 0 Å². The van der Waals surface area contributed by atoms with Crippen molar-refractivity contribution < 1.29 is 13.2 Å². The Hall–Kier alpha value is -0.950. The molecular weight excluding hydrogens is 276 g/mol. The predicted octanol–water partition coefficient (Wildman–Crippen LogP) is 1.09. The summed E-state index contributed by atoms with van der Waals surface area (Å²) in [5, 5.41) is 0. The van der Waals surface area contributed by atoms with Crippen LogP contribution < -0.4 is 5.73 Å². The maximum Gasteiger partial charge on any atom is 0.216 e. The summed E-state index contributed by atoms with van der Waals surface area (Å²) in [6.07, 6.45) is 1.63. The van der Waals surface area contributed by atoms with E-state index in [4.69, 9.17) is 10.5 Å². The number of sulfonamides is 1. The lowest BCUT2D eigenvalue weighted by Crippen LogP contribution is -2.33. The van der Waals surface area contributed by atoms with Gasteiger partial charge in [-0.25, -0.2) is 12.7 Å². The molecule has 1 aromatic carbocycles. The van der Waals surface area contributed by atoms with E-state index in [9.17, 15) is 8.42 Å². The Morgan fingerprint density at radius 2 is 1.95 bits per heavy atom. The zero-order valence-corrected chi connectivity index (χ0v) is 12.6. The summed E-state index contributed by atoms with van der Waals surface area (Å²) in [6, 6.07) is 7.69. The van der Waals surface area contributed by atoms with Crippen LogP contribution in [0, 0.1) is 0 Å². The first-order chi connectivity index (χ1) is 9.51. The van der Waals surface area contributed by atoms with Gasteiger partial charge in [-0.1, -0.05) is 24.3 Å². The summed E-state index contributed by atoms with van der Waals surface area (Å²) in [4.78, 5) is 0. The van der Waals surface area contributed by atoms with E-state index in [0.29, 0.717) is 19.7 Å². The Kier molecular flexibility index (Phi) is 5.15. The van der Waals surface area contributed by atoms with Crippen molar-refractivity contribution >= 4 is 10.0 Å². The molecule has 1 aliphatic rings. The Morgan fingerprint density at radius 3 is 2.50 bits per heavy atom. The molecule has 6 heteroatoms. The highest BCUT2D eigenvalue weighted by molar-refractivity contribution is 7.89. The van der Waals surface area contributed by atoms with Crippen LogP contribution in [0.5, 0.6) is 0 Å². The lowest BCUT2D eigenvalue weighted by molar-refractivity contribution is 0.126. The molecule has 0 bridgehead atoms. The van der Waals surface area contributed by atoms with E-state index in [-0.39, 0.29) is 11.9 Å². The van der Waals surface area contributed by atoms with Gasteiger partial charge in [0, 0.05) is 26.7 Å². The van der Waals surface area contributed by atoms with E-state index in [1.165, 1.54) is 4.31 Å². The minimum absolute atomic E-state index is 0.0738. The molecule has 112 valence electrons. The van der Waals surface area contributed by atoms with Gasteiger partial charge in [0.1, 0.15) is 0 Å². The maximum atomic E-state index is 12.2. The van der Waals surface area contributed by atoms with Crippen LogP contribution in [-0.2, 0) is 27.8 Å². The fourth-order valence-electron chi connectivity index (χ4n) is 2.27. The fourth-order valence-corrected chi connectivity index (χ4v) is 3.61. The Labute approximate surface area is 120 Å². The average Bonchev–Trinajstić information content (AvgIpc) is 2.91. The van der Waals surface area contributed by atoms with Crippen LogP contribution in [-0.4, -0.2) is 38.2 Å². The second-order valence-electron chi connectivity index (χ2n) is 5.19. The second kappa shape index (κ2) is 6.67. The lowest BCUT2D eigenvalue weighted by atomic mass is 10.1. The first-order valence-corrected chi connectivity index (χ1v) is 8.45. The summed E-state index contributed by atoms with van der Waals surface area (Å²) >= 11 is 0. The van der Waals surface area contributed by atoms with Gasteiger partial charge in [-0.05, 0) is 24.0 Å². The molecule has 1 saturated heterocycles. The minimum Gasteiger partial charge on any atom is -0.377 e. The molecule has 1 aromatic rings. The van der Waals surface area contributed by atoms with Crippen LogP contribution in [0.1, 0.15) is 24.0 Å². The average molecular weight is 298 g/mol. The van der Waals surface area contributed by atoms with Crippen molar-refractivity contribution in [3.8, 4) is 0 Å². The third-order valence-corrected chi connectivity index (χ3v) is 5.43. The highest BCUT2D eigenvalue weighted by atomic mass is 32.2. The van der Waals surface area contributed by atoms with Crippen molar-refractivity contribution in [3.63, 3.8) is 0 Å². The van der Waals surface area contributed by atoms with Gasteiger partial charge < -0.3 is 10.5 Å². The SMILES string of the molecule is CN(Cc1ccc(CN)cc1)S(=O)(=O)CC1CCCO1. The quantitative estimate of drug-likeness (QED) is 0.853. The number of rotatable bonds is 6. The molecule has 0 amide bonds. The summed E-state index contributed by atoms with van der Waals surface area (Å²) in [6.45, 7) is 1.54. The molecule has 1 atom stereocenters. The van der Waals surface area contributed by atoms with Gasteiger partial charge in [-0.3, -0.25) is 0 Å². The van der Waals surface area contributed by atoms with Gasteiger partial charge in [0.25, 0.3) is 0 Å². The van der Waals surface area contributed by atoms with Gasteiger partial charge in [-0.2, -0.15) is 0 Å². The Balaban J connectivity index is 1.96. The van der Waals surface area contributed by atoms with Crippen molar-refractivity contribution in [1.82, 2.24) is 4.31 Å². The van der Waals surface area contributed by atoms with E-state index in [2.05, 4.69) is 0 Å². The Morgan fingerprint density at radius 1 is 1.30 bits per heavy atom. The molecule has 2 rings (SSSR count). The van der Waals surface area contributed by atoms with E-state index in [1.54, 1.807) is 7.05 Å². The molecule has 1 heterocycles. The van der Waals surface area contributed by atoms with Gasteiger partial charge in [0.2, 0.25) is 10.0 Å². The third kappa shape index (κ3) is 4.02. The van der Waals surface area contributed by atoms with E-state index < -0.39 is 10.0 Å². The molecule has 1 unspecified atom stereocenters. The molecule has 1 fully saturated rings. The van der Waals surface area contributed by atoms with Crippen molar-refractivity contribution in [1.29, 1.82) is 0 Å². The largest absolute Gasteiger partial charge is 0.377 e. The number of nitrogens with zero attached hydrogens (tertiary/aromatic N) is 1. The van der Waals surface area contributed by atoms with Crippen molar-refractivity contribution in [3.05, 3.63) is 35.4 Å². The zero-order valence-electron chi connectivity index (χ0n) is 11.8. The molecule has 2 N–H and O–H groups in total. The summed E-state index contributed by atoms with van der Waals surface area (Å²) in [5.74, 6) is 0.0738. The van der Waals surface area contributed by atoms with E-state index in [1.807, 2.05) is 24.3 Å². The molecular formula is C14H22N2O3S. The van der Waals surface area contributed by atoms with Crippen molar-refractivity contribution in [2.45, 2.75) is 32.0 Å². The molecule has 0 saturated carbocycles. The Bertz CT molecular complexity index is 522. The number of hydrogen-bond acceptors (Lipinski definition) is 4. The van der Waals surface area contributed by atoms with Crippen LogP contribution in [0.3, 0.4) is 0 Å². The summed E-state index contributed by atoms with van der Waals surface area (Å²) in [7, 11) is -1.66. The predicted molar refractivity (Wildman–Crippen MR) is 78.6 cm³/mol. The first-order valence-electron chi connectivity index (χ1n) is 6.85. The van der Waals surface area contributed by atoms with Crippen LogP contribution in [0.4, 0.5) is 0 Å². The lowest BCUT2D eigenvalue weighted by Gasteiger charge is -2.19. The van der Waals surface area contributed by atoms with Crippen LogP contribution in [0.25, 0.3) is 0 Å². The highest BCUT2D eigenvalue weighted by Gasteiger charge is 2.26. The molecule has 20 heavy (non-hydrogen) atoms. The fraction of sp³-hybridized carbons (Fsp3) is 0.571. The van der Waals surface area contributed by atoms with Crippen molar-refractivity contribution in [2.75, 3.05) is 19.4 Å². The first kappa shape index (κ1) is 15.4. The maximum absolute atomic E-state index is 12.2. The van der Waals surface area contributed by atoms with E-state index in [0.717, 1.165) is 24.0 Å². The number of benzene rings is 1. The number of ether oxygens (including phenoxy) is 1. The highest BCUT2D eigenvalue weighted by Crippen LogP contribution is 2.17. The zero-order chi connectivity index (χ0) is 14.6. The topological polar surface area (TPSA) is 72.6 Å². The van der Waals surface area contributed by atoms with Gasteiger partial charge in [-0.15, -0.1) is 0 Å². The normalized spacial score (nSPS) is 19.6. The molecule has 0 radical (unpaired) electrons. The minimum atomic E-state index is -3.27. The molecule has 0 aromatic heterocycles. The van der Waals surface area contributed by atoms with E-state index >= 15 is 0 Å². The molecule has 0 spiro atoms. The molecule has 1 aliphatic heterocycles. The molecule has 5 nitrogen and oxygen atoms in total. The number of hydrogen-bond donors (Lipinski definition) is 1. The van der Waals surface area contributed by atoms with Gasteiger partial charge >= 0.3 is 0 Å². The summed E-state index contributed by atoms with van der Waals surface area (Å²) in [5.41, 5.74) is 7.54. The van der Waals surface area contributed by atoms with Crippen LogP contribution in [0.15, 0.2) is 24.3 Å². The van der Waals surface area contributed by atoms with Gasteiger partial charge in [0.15, 0.2) is 0 Å². The molecule has 0 aliphatic carbocycles. The second-order valence-corrected chi connectivity index (χ2v) is 7.31. The third-order valence-electron chi connectivity index (χ3n) is 3.56.